The van der Waals surface area contributed by atoms with Gasteiger partial charge in [-0.05, 0) is 50.1 Å². The van der Waals surface area contributed by atoms with Gasteiger partial charge in [-0.3, -0.25) is 9.52 Å². The van der Waals surface area contributed by atoms with Gasteiger partial charge in [-0.1, -0.05) is 35.1 Å². The number of methoxy groups -OCH3 is 1. The zero-order chi connectivity index (χ0) is 22.6. The minimum absolute atomic E-state index is 0.188. The molecule has 8 nitrogen and oxygen atoms in total. The highest BCUT2D eigenvalue weighted by Gasteiger charge is 2.21. The third-order valence-corrected chi connectivity index (χ3v) is 7.19. The average molecular weight is 461 g/mol. The number of carbonyl (C=O) groups is 1. The standard InChI is InChI=1S/C21H24N4O4S2/c1-13-10-14(2)19(15(3)11-13)31(27,28)25-21-24-23-18(30-21)8-9-22-20(26)16-6-5-7-17(12-16)29-4/h5-7,10-12H,8-9H2,1-4H3,(H,22,26)(H,24,25). The summed E-state index contributed by atoms with van der Waals surface area (Å²) in [6, 6.07) is 10.5. The van der Waals surface area contributed by atoms with Crippen LogP contribution in [0.5, 0.6) is 5.75 Å². The van der Waals surface area contributed by atoms with Crippen molar-refractivity contribution in [3.05, 3.63) is 63.7 Å². The minimum Gasteiger partial charge on any atom is -0.497 e. The summed E-state index contributed by atoms with van der Waals surface area (Å²) in [6.07, 6.45) is 0.428. The number of aromatic nitrogens is 2. The van der Waals surface area contributed by atoms with Crippen LogP contribution in [0, 0.1) is 20.8 Å². The maximum Gasteiger partial charge on any atom is 0.264 e. The van der Waals surface area contributed by atoms with Crippen molar-refractivity contribution in [2.45, 2.75) is 32.1 Å². The molecule has 0 unspecified atom stereocenters. The fraction of sp³-hybridized carbons (Fsp3) is 0.286. The molecule has 3 aromatic rings. The summed E-state index contributed by atoms with van der Waals surface area (Å²) in [7, 11) is -2.24. The van der Waals surface area contributed by atoms with E-state index >= 15 is 0 Å². The van der Waals surface area contributed by atoms with Crippen molar-refractivity contribution < 1.29 is 17.9 Å². The Balaban J connectivity index is 1.61. The van der Waals surface area contributed by atoms with Crippen molar-refractivity contribution in [3.63, 3.8) is 0 Å². The van der Waals surface area contributed by atoms with Crippen LogP contribution in [0.1, 0.15) is 32.1 Å². The molecule has 0 aliphatic heterocycles. The molecule has 164 valence electrons. The van der Waals surface area contributed by atoms with Crippen LogP contribution in [0.3, 0.4) is 0 Å². The molecule has 0 saturated carbocycles. The molecule has 0 radical (unpaired) electrons. The van der Waals surface area contributed by atoms with Gasteiger partial charge in [0.15, 0.2) is 0 Å². The molecule has 2 aromatic carbocycles. The van der Waals surface area contributed by atoms with E-state index in [-0.39, 0.29) is 15.9 Å². The Hall–Kier alpha value is -2.98. The van der Waals surface area contributed by atoms with E-state index in [1.54, 1.807) is 45.2 Å². The molecule has 1 aromatic heterocycles. The largest absolute Gasteiger partial charge is 0.497 e. The summed E-state index contributed by atoms with van der Waals surface area (Å²) < 4.78 is 33.3. The second-order valence-corrected chi connectivity index (χ2v) is 9.75. The first-order valence-electron chi connectivity index (χ1n) is 9.55. The van der Waals surface area contributed by atoms with E-state index in [1.807, 2.05) is 19.1 Å². The van der Waals surface area contributed by atoms with Crippen molar-refractivity contribution in [1.82, 2.24) is 15.5 Å². The number of amides is 1. The van der Waals surface area contributed by atoms with Crippen LogP contribution < -0.4 is 14.8 Å². The van der Waals surface area contributed by atoms with Gasteiger partial charge in [0.2, 0.25) is 5.13 Å². The lowest BCUT2D eigenvalue weighted by molar-refractivity contribution is 0.0953. The smallest absolute Gasteiger partial charge is 0.264 e. The lowest BCUT2D eigenvalue weighted by Gasteiger charge is -2.12. The third kappa shape index (κ3) is 5.59. The summed E-state index contributed by atoms with van der Waals surface area (Å²) in [4.78, 5) is 12.5. The van der Waals surface area contributed by atoms with Gasteiger partial charge in [-0.2, -0.15) is 0 Å². The normalized spacial score (nSPS) is 11.2. The Morgan fingerprint density at radius 1 is 1.10 bits per heavy atom. The third-order valence-electron chi connectivity index (χ3n) is 4.52. The molecule has 1 amide bonds. The van der Waals surface area contributed by atoms with Crippen LogP contribution in [0.15, 0.2) is 41.3 Å². The van der Waals surface area contributed by atoms with Crippen molar-refractivity contribution in [2.24, 2.45) is 0 Å². The maximum atomic E-state index is 12.8. The van der Waals surface area contributed by atoms with Crippen molar-refractivity contribution in [1.29, 1.82) is 0 Å². The first-order valence-corrected chi connectivity index (χ1v) is 11.8. The van der Waals surface area contributed by atoms with E-state index in [0.717, 1.165) is 16.9 Å². The van der Waals surface area contributed by atoms with E-state index in [0.29, 0.717) is 40.4 Å². The molecule has 0 bridgehead atoms. The number of ether oxygens (including phenoxy) is 1. The second-order valence-electron chi connectivity index (χ2n) is 7.07. The molecular weight excluding hydrogens is 436 g/mol. The van der Waals surface area contributed by atoms with Gasteiger partial charge in [-0.15, -0.1) is 10.2 Å². The Morgan fingerprint density at radius 2 is 1.81 bits per heavy atom. The van der Waals surface area contributed by atoms with Crippen LogP contribution in [0.2, 0.25) is 0 Å². The van der Waals surface area contributed by atoms with E-state index in [1.165, 1.54) is 0 Å². The molecule has 0 fully saturated rings. The van der Waals surface area contributed by atoms with Gasteiger partial charge in [0, 0.05) is 18.5 Å². The minimum atomic E-state index is -3.78. The van der Waals surface area contributed by atoms with Crippen LogP contribution >= 0.6 is 11.3 Å². The molecule has 0 aliphatic rings. The predicted molar refractivity (Wildman–Crippen MR) is 120 cm³/mol. The number of anilines is 1. The Kier molecular flexibility index (Phi) is 6.91. The van der Waals surface area contributed by atoms with Crippen LogP contribution in [-0.2, 0) is 16.4 Å². The molecule has 0 aliphatic carbocycles. The number of sulfonamides is 1. The Morgan fingerprint density at radius 3 is 2.48 bits per heavy atom. The summed E-state index contributed by atoms with van der Waals surface area (Å²) in [5.74, 6) is 0.377. The van der Waals surface area contributed by atoms with E-state index in [9.17, 15) is 13.2 Å². The summed E-state index contributed by atoms with van der Waals surface area (Å²) in [5, 5.41) is 11.6. The van der Waals surface area contributed by atoms with E-state index in [4.69, 9.17) is 4.74 Å². The second kappa shape index (κ2) is 9.44. The first kappa shape index (κ1) is 22.7. The highest BCUT2D eigenvalue weighted by Crippen LogP contribution is 2.25. The average Bonchev–Trinajstić information content (AvgIpc) is 3.13. The Bertz CT molecular complexity index is 1180. The van der Waals surface area contributed by atoms with Gasteiger partial charge in [0.05, 0.1) is 12.0 Å². The highest BCUT2D eigenvalue weighted by molar-refractivity contribution is 7.93. The molecular formula is C21H24N4O4S2. The van der Waals surface area contributed by atoms with Crippen molar-refractivity contribution >= 4 is 32.4 Å². The first-order chi connectivity index (χ1) is 14.7. The molecule has 3 rings (SSSR count). The summed E-state index contributed by atoms with van der Waals surface area (Å²) in [6.45, 7) is 5.80. The molecule has 1 heterocycles. The summed E-state index contributed by atoms with van der Waals surface area (Å²) >= 11 is 1.14. The fourth-order valence-electron chi connectivity index (χ4n) is 3.30. The zero-order valence-corrected chi connectivity index (χ0v) is 19.4. The topological polar surface area (TPSA) is 110 Å². The number of hydrogen-bond acceptors (Lipinski definition) is 7. The van der Waals surface area contributed by atoms with Gasteiger partial charge < -0.3 is 10.1 Å². The molecule has 0 atom stereocenters. The number of rotatable bonds is 8. The number of aryl methyl sites for hydroxylation is 3. The molecule has 10 heteroatoms. The fourth-order valence-corrected chi connectivity index (χ4v) is 5.73. The molecule has 0 spiro atoms. The van der Waals surface area contributed by atoms with E-state index in [2.05, 4.69) is 20.2 Å². The number of nitrogens with one attached hydrogen (secondary N) is 2. The number of carbonyl (C=O) groups excluding carboxylic acids is 1. The summed E-state index contributed by atoms with van der Waals surface area (Å²) in [5.41, 5.74) is 2.85. The maximum absolute atomic E-state index is 12.8. The number of benzene rings is 2. The lowest BCUT2D eigenvalue weighted by atomic mass is 10.1. The van der Waals surface area contributed by atoms with Crippen LogP contribution in [0.25, 0.3) is 0 Å². The number of nitrogens with zero attached hydrogens (tertiary/aromatic N) is 2. The number of hydrogen-bond donors (Lipinski definition) is 2. The predicted octanol–water partition coefficient (Wildman–Crippen LogP) is 3.25. The SMILES string of the molecule is COc1cccc(C(=O)NCCc2nnc(NS(=O)(=O)c3c(C)cc(C)cc3C)s2)c1. The lowest BCUT2D eigenvalue weighted by Crippen LogP contribution is -2.25. The highest BCUT2D eigenvalue weighted by atomic mass is 32.2. The van der Waals surface area contributed by atoms with Crippen molar-refractivity contribution in [3.8, 4) is 5.75 Å². The molecule has 0 saturated heterocycles. The van der Waals surface area contributed by atoms with Crippen molar-refractivity contribution in [2.75, 3.05) is 18.4 Å². The quantitative estimate of drug-likeness (QED) is 0.534. The van der Waals surface area contributed by atoms with E-state index < -0.39 is 10.0 Å². The van der Waals surface area contributed by atoms with Gasteiger partial charge >= 0.3 is 0 Å². The van der Waals surface area contributed by atoms with Crippen LogP contribution in [-0.4, -0.2) is 38.2 Å². The zero-order valence-electron chi connectivity index (χ0n) is 17.7. The Labute approximate surface area is 185 Å². The molecule has 31 heavy (non-hydrogen) atoms. The van der Waals surface area contributed by atoms with Gasteiger partial charge in [0.25, 0.3) is 15.9 Å². The molecule has 2 N–H and O–H groups in total. The van der Waals surface area contributed by atoms with Crippen LogP contribution in [0.4, 0.5) is 5.13 Å². The monoisotopic (exact) mass is 460 g/mol. The van der Waals surface area contributed by atoms with Gasteiger partial charge in [-0.25, -0.2) is 8.42 Å². The van der Waals surface area contributed by atoms with Gasteiger partial charge in [0.1, 0.15) is 10.8 Å².